The van der Waals surface area contributed by atoms with Crippen LogP contribution in [0.4, 0.5) is 13.2 Å². The van der Waals surface area contributed by atoms with Gasteiger partial charge in [-0.2, -0.15) is 18.2 Å². The van der Waals surface area contributed by atoms with Crippen molar-refractivity contribution in [1.29, 1.82) is 0 Å². The number of aromatic nitrogens is 2. The number of H-pyrrole nitrogens is 1. The van der Waals surface area contributed by atoms with Crippen molar-refractivity contribution in [1.82, 2.24) is 15.4 Å². The molecule has 0 spiro atoms. The van der Waals surface area contributed by atoms with Crippen LogP contribution < -0.4 is 11.2 Å². The molecule has 10 heteroatoms. The third-order valence-corrected chi connectivity index (χ3v) is 2.59. The second-order valence-corrected chi connectivity index (χ2v) is 4.18. The van der Waals surface area contributed by atoms with E-state index in [4.69, 9.17) is 0 Å². The van der Waals surface area contributed by atoms with Crippen LogP contribution in [0.15, 0.2) is 9.82 Å². The summed E-state index contributed by atoms with van der Waals surface area (Å²) in [6, 6.07) is 0. The predicted octanol–water partition coefficient (Wildman–Crippen LogP) is 1.02. The fraction of sp³-hybridized carbons (Fsp3) is 0.444. The van der Waals surface area contributed by atoms with Gasteiger partial charge in [0.2, 0.25) is 0 Å². The summed E-state index contributed by atoms with van der Waals surface area (Å²) >= 11 is 1.02. The zero-order valence-corrected chi connectivity index (χ0v) is 10.7. The molecule has 0 saturated heterocycles. The fourth-order valence-electron chi connectivity index (χ4n) is 1.21. The van der Waals surface area contributed by atoms with Gasteiger partial charge in [-0.05, 0) is 13.2 Å². The van der Waals surface area contributed by atoms with Crippen molar-refractivity contribution in [2.45, 2.75) is 18.1 Å². The van der Waals surface area contributed by atoms with Gasteiger partial charge < -0.3 is 4.98 Å². The number of nitrogens with zero attached hydrogens (tertiary/aromatic N) is 1. The van der Waals surface area contributed by atoms with Crippen molar-refractivity contribution in [3.63, 3.8) is 0 Å². The van der Waals surface area contributed by atoms with Crippen molar-refractivity contribution >= 4 is 17.7 Å². The largest absolute Gasteiger partial charge is 0.414 e. The molecule has 0 saturated carbocycles. The van der Waals surface area contributed by atoms with Gasteiger partial charge in [-0.25, -0.2) is 10.3 Å². The van der Waals surface area contributed by atoms with Gasteiger partial charge in [0.05, 0.1) is 5.56 Å². The number of aryl methyl sites for hydroxylation is 1. The summed E-state index contributed by atoms with van der Waals surface area (Å²) in [6.45, 7) is -0.176. The first-order chi connectivity index (χ1) is 8.74. The number of hydrogen-bond acceptors (Lipinski definition) is 5. The average molecular weight is 297 g/mol. The summed E-state index contributed by atoms with van der Waals surface area (Å²) in [6.07, 6.45) is -2.97. The number of carbonyl (C=O) groups excluding carboxylic acids is 1. The van der Waals surface area contributed by atoms with E-state index in [0.29, 0.717) is 0 Å². The minimum atomic E-state index is -4.55. The molecule has 106 valence electrons. The van der Waals surface area contributed by atoms with Gasteiger partial charge in [0.1, 0.15) is 5.03 Å². The smallest absolute Gasteiger partial charge is 0.309 e. The number of aromatic amines is 1. The summed E-state index contributed by atoms with van der Waals surface area (Å²) in [4.78, 5) is 32.6. The Kier molecular flexibility index (Phi) is 4.95. The van der Waals surface area contributed by atoms with Gasteiger partial charge in [-0.1, -0.05) is 0 Å². The van der Waals surface area contributed by atoms with E-state index in [0.717, 1.165) is 11.8 Å². The standard InChI is InChI=1S/C9H10F3N3O3S/c1-4-5(7(19-2)14-8(17)13-4)6(16)15-18-3-9(10,11)12/h3H2,1-2H3,(H,15,16)(H,13,14,17). The lowest BCUT2D eigenvalue weighted by Gasteiger charge is -2.11. The Labute approximate surface area is 109 Å². The van der Waals surface area contributed by atoms with Crippen molar-refractivity contribution < 1.29 is 22.8 Å². The van der Waals surface area contributed by atoms with Crippen LogP contribution in [0.2, 0.25) is 0 Å². The second kappa shape index (κ2) is 6.06. The minimum Gasteiger partial charge on any atom is -0.309 e. The topological polar surface area (TPSA) is 84.1 Å². The van der Waals surface area contributed by atoms with E-state index in [1.807, 2.05) is 0 Å². The molecule has 1 amide bonds. The quantitative estimate of drug-likeness (QED) is 0.492. The molecule has 0 radical (unpaired) electrons. The number of hydroxylamine groups is 1. The molecule has 0 aromatic carbocycles. The minimum absolute atomic E-state index is 0.0331. The Morgan fingerprint density at radius 2 is 2.16 bits per heavy atom. The summed E-state index contributed by atoms with van der Waals surface area (Å²) in [5, 5.41) is 0.106. The van der Waals surface area contributed by atoms with E-state index in [2.05, 4.69) is 14.8 Å². The average Bonchev–Trinajstić information content (AvgIpc) is 2.25. The molecule has 0 unspecified atom stereocenters. The van der Waals surface area contributed by atoms with Gasteiger partial charge in [0, 0.05) is 5.69 Å². The molecule has 0 aliphatic rings. The molecule has 0 atom stereocenters. The van der Waals surface area contributed by atoms with Crippen LogP contribution in [0.3, 0.4) is 0 Å². The Hall–Kier alpha value is -1.55. The third kappa shape index (κ3) is 4.56. The molecule has 0 bridgehead atoms. The molecule has 1 aromatic rings. The lowest BCUT2D eigenvalue weighted by atomic mass is 10.2. The van der Waals surface area contributed by atoms with E-state index in [1.165, 1.54) is 6.92 Å². The first kappa shape index (κ1) is 15.5. The van der Waals surface area contributed by atoms with E-state index in [9.17, 15) is 22.8 Å². The van der Waals surface area contributed by atoms with Gasteiger partial charge >= 0.3 is 11.9 Å². The van der Waals surface area contributed by atoms with E-state index < -0.39 is 24.4 Å². The molecule has 0 fully saturated rings. The summed E-state index contributed by atoms with van der Waals surface area (Å²) in [5.74, 6) is -0.908. The van der Waals surface area contributed by atoms with Crippen molar-refractivity contribution in [3.8, 4) is 0 Å². The fourth-order valence-corrected chi connectivity index (χ4v) is 1.83. The first-order valence-electron chi connectivity index (χ1n) is 4.88. The van der Waals surface area contributed by atoms with Crippen LogP contribution >= 0.6 is 11.8 Å². The number of halogens is 3. The third-order valence-electron chi connectivity index (χ3n) is 1.91. The molecule has 2 N–H and O–H groups in total. The van der Waals surface area contributed by atoms with Crippen LogP contribution in [-0.2, 0) is 4.84 Å². The summed E-state index contributed by atoms with van der Waals surface area (Å²) < 4.78 is 35.5. The number of thioether (sulfide) groups is 1. The number of rotatable bonds is 4. The van der Waals surface area contributed by atoms with E-state index in [1.54, 1.807) is 11.7 Å². The first-order valence-corrected chi connectivity index (χ1v) is 6.11. The molecule has 1 aromatic heterocycles. The van der Waals surface area contributed by atoms with Gasteiger partial charge in [0.25, 0.3) is 5.91 Å². The van der Waals surface area contributed by atoms with Gasteiger partial charge in [0.15, 0.2) is 6.61 Å². The monoisotopic (exact) mass is 297 g/mol. The number of carbonyl (C=O) groups is 1. The highest BCUT2D eigenvalue weighted by molar-refractivity contribution is 7.98. The number of alkyl halides is 3. The molecule has 0 aliphatic heterocycles. The predicted molar refractivity (Wildman–Crippen MR) is 60.8 cm³/mol. The van der Waals surface area contributed by atoms with Crippen LogP contribution in [0.5, 0.6) is 0 Å². The zero-order valence-electron chi connectivity index (χ0n) is 9.92. The number of hydrogen-bond donors (Lipinski definition) is 2. The van der Waals surface area contributed by atoms with Crippen LogP contribution in [0, 0.1) is 6.92 Å². The normalized spacial score (nSPS) is 11.4. The molecule has 1 rings (SSSR count). The maximum atomic E-state index is 11.8. The van der Waals surface area contributed by atoms with Crippen LogP contribution in [-0.4, -0.2) is 34.9 Å². The van der Waals surface area contributed by atoms with E-state index >= 15 is 0 Å². The lowest BCUT2D eigenvalue weighted by Crippen LogP contribution is -2.31. The molecule has 19 heavy (non-hydrogen) atoms. The maximum Gasteiger partial charge on any atom is 0.414 e. The lowest BCUT2D eigenvalue weighted by molar-refractivity contribution is -0.184. The highest BCUT2D eigenvalue weighted by Crippen LogP contribution is 2.18. The highest BCUT2D eigenvalue weighted by atomic mass is 32.2. The zero-order chi connectivity index (χ0) is 14.6. The molecular weight excluding hydrogens is 287 g/mol. The Balaban J connectivity index is 2.85. The SMILES string of the molecule is CSc1nc(=O)[nH]c(C)c1C(=O)NOCC(F)(F)F. The second-order valence-electron chi connectivity index (χ2n) is 3.39. The van der Waals surface area contributed by atoms with Gasteiger partial charge in [-0.3, -0.25) is 9.63 Å². The molecular formula is C9H10F3N3O3S. The highest BCUT2D eigenvalue weighted by Gasteiger charge is 2.28. The summed E-state index contributed by atoms with van der Waals surface area (Å²) in [5.41, 5.74) is 1.17. The molecule has 0 aliphatic carbocycles. The number of amides is 1. The Bertz CT molecular complexity index is 530. The van der Waals surface area contributed by atoms with Crippen molar-refractivity contribution in [2.75, 3.05) is 12.9 Å². The Morgan fingerprint density at radius 3 is 2.68 bits per heavy atom. The van der Waals surface area contributed by atoms with Crippen LogP contribution in [0.1, 0.15) is 16.1 Å². The molecule has 6 nitrogen and oxygen atoms in total. The van der Waals surface area contributed by atoms with E-state index in [-0.39, 0.29) is 16.3 Å². The number of nitrogens with one attached hydrogen (secondary N) is 2. The Morgan fingerprint density at radius 1 is 1.53 bits per heavy atom. The molecule has 1 heterocycles. The van der Waals surface area contributed by atoms with Crippen molar-refractivity contribution in [2.24, 2.45) is 0 Å². The summed E-state index contributed by atoms with van der Waals surface area (Å²) in [7, 11) is 0. The van der Waals surface area contributed by atoms with Gasteiger partial charge in [-0.15, -0.1) is 11.8 Å². The van der Waals surface area contributed by atoms with Crippen molar-refractivity contribution in [3.05, 3.63) is 21.7 Å². The van der Waals surface area contributed by atoms with Crippen LogP contribution in [0.25, 0.3) is 0 Å². The maximum absolute atomic E-state index is 11.8.